The molecule has 0 radical (unpaired) electrons. The Balaban J connectivity index is 1.66. The predicted molar refractivity (Wildman–Crippen MR) is 91.1 cm³/mol. The van der Waals surface area contributed by atoms with E-state index in [9.17, 15) is 9.59 Å². The lowest BCUT2D eigenvalue weighted by molar-refractivity contribution is -0.138. The van der Waals surface area contributed by atoms with E-state index < -0.39 is 5.91 Å². The van der Waals surface area contributed by atoms with Crippen LogP contribution < -0.4 is 5.48 Å². The van der Waals surface area contributed by atoms with Crippen molar-refractivity contribution in [2.24, 2.45) is 23.2 Å². The van der Waals surface area contributed by atoms with Crippen LogP contribution in [0.2, 0.25) is 0 Å². The molecule has 3 aliphatic rings. The minimum atomic E-state index is -0.457. The molecule has 0 bridgehead atoms. The number of carbonyl (C=O) groups excluding carboxylic acids is 2. The number of amides is 2. The summed E-state index contributed by atoms with van der Waals surface area (Å²) < 4.78 is 0. The second-order valence-corrected chi connectivity index (χ2v) is 8.00. The number of nitrogens with zero attached hydrogens (tertiary/aromatic N) is 1. The minimum Gasteiger partial charge on any atom is -0.342 e. The highest BCUT2D eigenvalue weighted by atomic mass is 16.5. The van der Waals surface area contributed by atoms with Gasteiger partial charge >= 0.3 is 0 Å². The Hall–Kier alpha value is -1.62. The Morgan fingerprint density at radius 1 is 1.42 bits per heavy atom. The summed E-state index contributed by atoms with van der Waals surface area (Å²) >= 11 is 0. The standard InChI is InChI=1S/C19H28N2O3/c1-13(2)6-9-21-10-8-19(18(21)23)7-5-14-11-15(17(22)20-24)3-4-16(14)12-19/h3-4,11,13-14,16,24H,5-10,12H2,1-2H3,(H,20,22)/t14?,16?,19-/m0/s1. The number of hydroxylamine groups is 1. The number of carbonyl (C=O) groups is 2. The third-order valence-electron chi connectivity index (χ3n) is 5.99. The second kappa shape index (κ2) is 6.71. The van der Waals surface area contributed by atoms with Crippen LogP contribution in [0, 0.1) is 23.2 Å². The van der Waals surface area contributed by atoms with E-state index in [-0.39, 0.29) is 5.41 Å². The van der Waals surface area contributed by atoms with Gasteiger partial charge in [0.15, 0.2) is 0 Å². The molecule has 1 saturated heterocycles. The van der Waals surface area contributed by atoms with Gasteiger partial charge in [-0.15, -0.1) is 0 Å². The Morgan fingerprint density at radius 3 is 2.92 bits per heavy atom. The molecule has 5 nitrogen and oxygen atoms in total. The molecular weight excluding hydrogens is 304 g/mol. The average molecular weight is 332 g/mol. The molecule has 0 aromatic rings. The van der Waals surface area contributed by atoms with Crippen molar-refractivity contribution in [2.75, 3.05) is 13.1 Å². The first kappa shape index (κ1) is 17.2. The third-order valence-corrected chi connectivity index (χ3v) is 5.99. The van der Waals surface area contributed by atoms with E-state index in [1.54, 1.807) is 11.6 Å². The fraction of sp³-hybridized carbons (Fsp3) is 0.684. The molecule has 24 heavy (non-hydrogen) atoms. The Labute approximate surface area is 143 Å². The van der Waals surface area contributed by atoms with Crippen molar-refractivity contribution in [1.29, 1.82) is 0 Å². The molecule has 2 N–H and O–H groups in total. The van der Waals surface area contributed by atoms with Crippen LogP contribution in [0.3, 0.4) is 0 Å². The molecular formula is C19H28N2O3. The zero-order valence-electron chi connectivity index (χ0n) is 14.6. The summed E-state index contributed by atoms with van der Waals surface area (Å²) in [5.74, 6) is 1.13. The highest BCUT2D eigenvalue weighted by Crippen LogP contribution is 2.50. The Kier molecular flexibility index (Phi) is 4.81. The molecule has 0 aromatic carbocycles. The number of nitrogens with one attached hydrogen (secondary N) is 1. The zero-order valence-corrected chi connectivity index (χ0v) is 14.6. The number of fused-ring (bicyclic) bond motifs is 1. The molecule has 1 aliphatic heterocycles. The summed E-state index contributed by atoms with van der Waals surface area (Å²) in [4.78, 5) is 26.6. The predicted octanol–water partition coefficient (Wildman–Crippen LogP) is 2.67. The molecule has 3 rings (SSSR count). The van der Waals surface area contributed by atoms with Gasteiger partial charge in [0.25, 0.3) is 5.91 Å². The van der Waals surface area contributed by atoms with Crippen molar-refractivity contribution >= 4 is 11.8 Å². The van der Waals surface area contributed by atoms with E-state index in [0.29, 0.717) is 29.2 Å². The van der Waals surface area contributed by atoms with Crippen LogP contribution in [0.1, 0.15) is 46.0 Å². The van der Waals surface area contributed by atoms with Crippen LogP contribution in [0.15, 0.2) is 23.8 Å². The molecule has 132 valence electrons. The summed E-state index contributed by atoms with van der Waals surface area (Å²) in [6, 6.07) is 0. The molecule has 3 atom stereocenters. The van der Waals surface area contributed by atoms with E-state index in [1.165, 1.54) is 0 Å². The van der Waals surface area contributed by atoms with Gasteiger partial charge in [0.05, 0.1) is 5.41 Å². The summed E-state index contributed by atoms with van der Waals surface area (Å²) in [5, 5.41) is 8.78. The first-order valence-electron chi connectivity index (χ1n) is 9.09. The van der Waals surface area contributed by atoms with Gasteiger partial charge < -0.3 is 4.90 Å². The smallest absolute Gasteiger partial charge is 0.274 e. The average Bonchev–Trinajstić information content (AvgIpc) is 2.88. The number of likely N-dealkylation sites (tertiary alicyclic amines) is 1. The first-order chi connectivity index (χ1) is 11.4. The maximum Gasteiger partial charge on any atom is 0.274 e. The molecule has 5 heteroatoms. The van der Waals surface area contributed by atoms with E-state index in [2.05, 4.69) is 24.8 Å². The second-order valence-electron chi connectivity index (χ2n) is 8.00. The number of hydrogen-bond donors (Lipinski definition) is 2. The lowest BCUT2D eigenvalue weighted by Gasteiger charge is -2.40. The molecule has 1 heterocycles. The van der Waals surface area contributed by atoms with Gasteiger partial charge in [0.2, 0.25) is 5.91 Å². The summed E-state index contributed by atoms with van der Waals surface area (Å²) in [5.41, 5.74) is 2.03. The fourth-order valence-corrected chi connectivity index (χ4v) is 4.45. The quantitative estimate of drug-likeness (QED) is 0.614. The van der Waals surface area contributed by atoms with Crippen LogP contribution in [0.4, 0.5) is 0 Å². The highest BCUT2D eigenvalue weighted by molar-refractivity contribution is 5.95. The van der Waals surface area contributed by atoms with Crippen LogP contribution in [0.25, 0.3) is 0 Å². The molecule has 0 aromatic heterocycles. The van der Waals surface area contributed by atoms with Gasteiger partial charge in [-0.1, -0.05) is 32.1 Å². The van der Waals surface area contributed by atoms with Crippen molar-refractivity contribution in [3.63, 3.8) is 0 Å². The molecule has 2 unspecified atom stereocenters. The van der Waals surface area contributed by atoms with Gasteiger partial charge in [-0.2, -0.15) is 0 Å². The van der Waals surface area contributed by atoms with E-state index in [1.807, 2.05) is 6.08 Å². The molecule has 2 amide bonds. The number of allylic oxidation sites excluding steroid dienone is 2. The fourth-order valence-electron chi connectivity index (χ4n) is 4.45. The van der Waals surface area contributed by atoms with Crippen molar-refractivity contribution < 1.29 is 14.8 Å². The van der Waals surface area contributed by atoms with E-state index in [4.69, 9.17) is 5.21 Å². The van der Waals surface area contributed by atoms with Crippen molar-refractivity contribution in [2.45, 2.75) is 46.0 Å². The maximum absolute atomic E-state index is 13.0. The van der Waals surface area contributed by atoms with Crippen molar-refractivity contribution in [3.05, 3.63) is 23.8 Å². The zero-order chi connectivity index (χ0) is 17.3. The van der Waals surface area contributed by atoms with Crippen LogP contribution in [-0.2, 0) is 9.59 Å². The van der Waals surface area contributed by atoms with Crippen LogP contribution in [0.5, 0.6) is 0 Å². The van der Waals surface area contributed by atoms with Crippen molar-refractivity contribution in [3.8, 4) is 0 Å². The lowest BCUT2D eigenvalue weighted by Crippen LogP contribution is -2.41. The highest BCUT2D eigenvalue weighted by Gasteiger charge is 2.50. The normalized spacial score (nSPS) is 32.2. The van der Waals surface area contributed by atoms with Gasteiger partial charge in [0, 0.05) is 18.7 Å². The van der Waals surface area contributed by atoms with Gasteiger partial charge in [-0.3, -0.25) is 14.8 Å². The monoisotopic (exact) mass is 332 g/mol. The molecule has 2 aliphatic carbocycles. The van der Waals surface area contributed by atoms with Crippen molar-refractivity contribution in [1.82, 2.24) is 10.4 Å². The third kappa shape index (κ3) is 3.14. The molecule has 1 saturated carbocycles. The van der Waals surface area contributed by atoms with E-state index >= 15 is 0 Å². The summed E-state index contributed by atoms with van der Waals surface area (Å²) in [6.07, 6.45) is 10.5. The van der Waals surface area contributed by atoms with Gasteiger partial charge in [-0.05, 0) is 49.9 Å². The van der Waals surface area contributed by atoms with E-state index in [0.717, 1.165) is 45.2 Å². The Bertz CT molecular complexity index is 581. The minimum absolute atomic E-state index is 0.187. The van der Waals surface area contributed by atoms with Crippen LogP contribution >= 0.6 is 0 Å². The topological polar surface area (TPSA) is 69.6 Å². The number of hydrogen-bond acceptors (Lipinski definition) is 3. The largest absolute Gasteiger partial charge is 0.342 e. The number of rotatable bonds is 4. The molecule has 1 spiro atoms. The molecule has 2 fully saturated rings. The lowest BCUT2D eigenvalue weighted by atomic mass is 9.63. The summed E-state index contributed by atoms with van der Waals surface area (Å²) in [6.45, 7) is 6.16. The van der Waals surface area contributed by atoms with Gasteiger partial charge in [0.1, 0.15) is 0 Å². The SMILES string of the molecule is CC(C)CCN1CC[C@]2(CCC3C=C(C(=O)NO)C=CC3C2)C1=O. The maximum atomic E-state index is 13.0. The first-order valence-corrected chi connectivity index (χ1v) is 9.09. The summed E-state index contributed by atoms with van der Waals surface area (Å²) in [7, 11) is 0. The van der Waals surface area contributed by atoms with Gasteiger partial charge in [-0.25, -0.2) is 5.48 Å². The van der Waals surface area contributed by atoms with Crippen LogP contribution in [-0.4, -0.2) is 35.0 Å². The Morgan fingerprint density at radius 2 is 2.21 bits per heavy atom.